The van der Waals surface area contributed by atoms with Crippen LogP contribution in [-0.2, 0) is 18.4 Å². The molecule has 4 nitrogen and oxygen atoms in total. The smallest absolute Gasteiger partial charge is 0.249 e. The van der Waals surface area contributed by atoms with E-state index in [2.05, 4.69) is 0 Å². The highest BCUT2D eigenvalue weighted by molar-refractivity contribution is 6.04. The predicted octanol–water partition coefficient (Wildman–Crippen LogP) is 1.85. The molecule has 0 saturated carbocycles. The van der Waals surface area contributed by atoms with Gasteiger partial charge in [-0.05, 0) is 18.2 Å². The van der Waals surface area contributed by atoms with E-state index in [0.717, 1.165) is 17.8 Å². The lowest BCUT2D eigenvalue weighted by Gasteiger charge is -2.18. The Morgan fingerprint density at radius 2 is 2.10 bits per heavy atom. The molecule has 20 heavy (non-hydrogen) atoms. The van der Waals surface area contributed by atoms with Crippen molar-refractivity contribution >= 4 is 11.6 Å². The van der Waals surface area contributed by atoms with Crippen molar-refractivity contribution in [3.8, 4) is 0 Å². The van der Waals surface area contributed by atoms with Crippen LogP contribution in [0.25, 0.3) is 0 Å². The molecule has 2 heterocycles. The van der Waals surface area contributed by atoms with E-state index in [1.54, 1.807) is 0 Å². The summed E-state index contributed by atoms with van der Waals surface area (Å²) in [6.07, 6.45) is 1.84. The molecule has 6 heteroatoms. The number of hydrogen-bond acceptors (Lipinski definition) is 2. The fraction of sp³-hybridized carbons (Fsp3) is 0.214. The number of nitrogens with zero attached hydrogens (tertiary/aromatic N) is 2. The van der Waals surface area contributed by atoms with Gasteiger partial charge in [-0.3, -0.25) is 4.79 Å². The van der Waals surface area contributed by atoms with Gasteiger partial charge in [-0.15, -0.1) is 0 Å². The van der Waals surface area contributed by atoms with Crippen molar-refractivity contribution in [3.63, 3.8) is 0 Å². The molecule has 0 spiro atoms. The van der Waals surface area contributed by atoms with Crippen LogP contribution in [0.1, 0.15) is 17.3 Å². The highest BCUT2D eigenvalue weighted by Gasteiger charge is 2.38. The van der Waals surface area contributed by atoms with Crippen LogP contribution in [0.3, 0.4) is 0 Å². The minimum absolute atomic E-state index is 0.0607. The van der Waals surface area contributed by atoms with E-state index in [9.17, 15) is 13.6 Å². The van der Waals surface area contributed by atoms with Gasteiger partial charge >= 0.3 is 0 Å². The van der Waals surface area contributed by atoms with Gasteiger partial charge in [-0.2, -0.15) is 0 Å². The molecule has 3 rings (SSSR count). The van der Waals surface area contributed by atoms with Crippen molar-refractivity contribution in [3.05, 3.63) is 53.4 Å². The molecule has 0 radical (unpaired) electrons. The molecule has 1 amide bonds. The van der Waals surface area contributed by atoms with Crippen molar-refractivity contribution in [1.82, 2.24) is 4.57 Å². The number of rotatable bonds is 2. The number of nitrogens with two attached hydrogens (primary N) is 1. The Balaban J connectivity index is 2.06. The van der Waals surface area contributed by atoms with Crippen LogP contribution in [0.15, 0.2) is 30.5 Å². The van der Waals surface area contributed by atoms with Gasteiger partial charge in [0.25, 0.3) is 0 Å². The van der Waals surface area contributed by atoms with Crippen molar-refractivity contribution in [2.45, 2.75) is 12.6 Å². The number of anilines is 1. The molecular formula is C14H13F2N3O. The molecule has 0 bridgehead atoms. The third kappa shape index (κ3) is 1.80. The molecule has 1 aliphatic heterocycles. The first kappa shape index (κ1) is 12.8. The summed E-state index contributed by atoms with van der Waals surface area (Å²) in [7, 11) is 1.84. The average molecular weight is 277 g/mol. The molecule has 1 aromatic heterocycles. The summed E-state index contributed by atoms with van der Waals surface area (Å²) in [4.78, 5) is 13.5. The van der Waals surface area contributed by atoms with Gasteiger partial charge < -0.3 is 15.2 Å². The number of aryl methyl sites for hydroxylation is 1. The van der Waals surface area contributed by atoms with Gasteiger partial charge in [0.2, 0.25) is 5.91 Å². The van der Waals surface area contributed by atoms with Crippen LogP contribution < -0.4 is 10.6 Å². The van der Waals surface area contributed by atoms with Crippen LogP contribution in [0, 0.1) is 11.6 Å². The minimum atomic E-state index is -1.08. The standard InChI is InChI=1S/C14H13F2N3O/c1-18-4-2-3-9(18)7-19-11-6-8(15)5-10(16)12(11)13(17)14(19)20/h2-6,13H,7,17H2,1H3. The largest absolute Gasteiger partial charge is 0.353 e. The Morgan fingerprint density at radius 1 is 1.35 bits per heavy atom. The molecule has 1 unspecified atom stereocenters. The van der Waals surface area contributed by atoms with Gasteiger partial charge in [0.15, 0.2) is 0 Å². The Bertz CT molecular complexity index is 696. The van der Waals surface area contributed by atoms with E-state index in [1.165, 1.54) is 4.90 Å². The average Bonchev–Trinajstić information content (AvgIpc) is 2.87. The Labute approximate surface area is 114 Å². The quantitative estimate of drug-likeness (QED) is 0.910. The maximum absolute atomic E-state index is 13.8. The van der Waals surface area contributed by atoms with Gasteiger partial charge in [0.1, 0.15) is 17.7 Å². The second kappa shape index (κ2) is 4.42. The second-order valence-corrected chi connectivity index (χ2v) is 4.83. The number of aromatic nitrogens is 1. The molecule has 0 fully saturated rings. The Kier molecular flexibility index (Phi) is 2.83. The van der Waals surface area contributed by atoms with E-state index in [1.807, 2.05) is 29.9 Å². The van der Waals surface area contributed by atoms with Gasteiger partial charge in [-0.25, -0.2) is 8.78 Å². The second-order valence-electron chi connectivity index (χ2n) is 4.83. The number of halogens is 2. The van der Waals surface area contributed by atoms with Crippen molar-refractivity contribution < 1.29 is 13.6 Å². The van der Waals surface area contributed by atoms with E-state index in [0.29, 0.717) is 0 Å². The van der Waals surface area contributed by atoms with Crippen LogP contribution in [-0.4, -0.2) is 10.5 Å². The highest BCUT2D eigenvalue weighted by Crippen LogP contribution is 2.37. The highest BCUT2D eigenvalue weighted by atomic mass is 19.1. The first-order valence-corrected chi connectivity index (χ1v) is 6.15. The van der Waals surface area contributed by atoms with Crippen molar-refractivity contribution in [2.75, 3.05) is 4.90 Å². The lowest BCUT2D eigenvalue weighted by molar-refractivity contribution is -0.119. The SMILES string of the molecule is Cn1cccc1CN1C(=O)C(N)c2c(F)cc(F)cc21. The molecule has 0 aliphatic carbocycles. The number of carbonyl (C=O) groups excluding carboxylic acids is 1. The van der Waals surface area contributed by atoms with Gasteiger partial charge in [0, 0.05) is 30.6 Å². The summed E-state index contributed by atoms with van der Waals surface area (Å²) in [5.74, 6) is -1.93. The summed E-state index contributed by atoms with van der Waals surface area (Å²) >= 11 is 0. The van der Waals surface area contributed by atoms with Crippen LogP contribution in [0.4, 0.5) is 14.5 Å². The topological polar surface area (TPSA) is 51.3 Å². The lowest BCUT2D eigenvalue weighted by atomic mass is 10.1. The summed E-state index contributed by atoms with van der Waals surface area (Å²) in [5, 5.41) is 0. The van der Waals surface area contributed by atoms with E-state index in [4.69, 9.17) is 5.73 Å². The normalized spacial score (nSPS) is 17.7. The van der Waals surface area contributed by atoms with Crippen molar-refractivity contribution in [2.24, 2.45) is 12.8 Å². The number of amides is 1. The summed E-state index contributed by atoms with van der Waals surface area (Å²) in [6.45, 7) is 0.228. The van der Waals surface area contributed by atoms with E-state index >= 15 is 0 Å². The lowest BCUT2D eigenvalue weighted by Crippen LogP contribution is -2.31. The molecule has 0 saturated heterocycles. The summed E-state index contributed by atoms with van der Waals surface area (Å²) < 4.78 is 29.0. The molecule has 104 valence electrons. The van der Waals surface area contributed by atoms with Gasteiger partial charge in [0.05, 0.1) is 12.2 Å². The molecule has 1 aliphatic rings. The summed E-state index contributed by atoms with van der Waals surface area (Å²) in [6, 6.07) is 4.49. The van der Waals surface area contributed by atoms with E-state index in [-0.39, 0.29) is 17.8 Å². The van der Waals surface area contributed by atoms with Crippen molar-refractivity contribution in [1.29, 1.82) is 0 Å². The van der Waals surface area contributed by atoms with Crippen LogP contribution in [0.2, 0.25) is 0 Å². The molecule has 1 aromatic carbocycles. The molecule has 1 atom stereocenters. The number of benzene rings is 1. The zero-order valence-corrected chi connectivity index (χ0v) is 10.8. The zero-order valence-electron chi connectivity index (χ0n) is 10.8. The first-order valence-electron chi connectivity index (χ1n) is 6.15. The third-order valence-corrected chi connectivity index (χ3v) is 3.58. The molecular weight excluding hydrogens is 264 g/mol. The fourth-order valence-electron chi connectivity index (χ4n) is 2.50. The Morgan fingerprint density at radius 3 is 2.75 bits per heavy atom. The Hall–Kier alpha value is -2.21. The van der Waals surface area contributed by atoms with E-state index < -0.39 is 23.6 Å². The number of hydrogen-bond donors (Lipinski definition) is 1. The number of fused-ring (bicyclic) bond motifs is 1. The van der Waals surface area contributed by atoms with Crippen LogP contribution >= 0.6 is 0 Å². The fourth-order valence-corrected chi connectivity index (χ4v) is 2.50. The predicted molar refractivity (Wildman–Crippen MR) is 69.9 cm³/mol. The first-order chi connectivity index (χ1) is 9.49. The summed E-state index contributed by atoms with van der Waals surface area (Å²) in [5.41, 5.74) is 6.86. The molecule has 2 aromatic rings. The van der Waals surface area contributed by atoms with Gasteiger partial charge in [-0.1, -0.05) is 0 Å². The third-order valence-electron chi connectivity index (χ3n) is 3.58. The van der Waals surface area contributed by atoms with Crippen LogP contribution in [0.5, 0.6) is 0 Å². The maximum atomic E-state index is 13.8. The monoisotopic (exact) mass is 277 g/mol. The minimum Gasteiger partial charge on any atom is -0.353 e. The maximum Gasteiger partial charge on any atom is 0.249 e. The molecule has 2 N–H and O–H groups in total. The zero-order chi connectivity index (χ0) is 14.4. The number of carbonyl (C=O) groups is 1.